The topological polar surface area (TPSA) is 15.3 Å². The van der Waals surface area contributed by atoms with Crippen molar-refractivity contribution in [3.05, 3.63) is 0 Å². The highest BCUT2D eigenvalue weighted by molar-refractivity contribution is 4.93. The van der Waals surface area contributed by atoms with Gasteiger partial charge in [0.1, 0.15) is 0 Å². The Morgan fingerprint density at radius 3 is 2.38 bits per heavy atom. The molecule has 16 heavy (non-hydrogen) atoms. The van der Waals surface area contributed by atoms with E-state index in [1.807, 2.05) is 0 Å². The minimum Gasteiger partial charge on any atom is -0.316 e. The number of hydrogen-bond donors (Lipinski definition) is 1. The zero-order valence-corrected chi connectivity index (χ0v) is 10.6. The van der Waals surface area contributed by atoms with Crippen molar-refractivity contribution < 1.29 is 0 Å². The molecule has 3 fully saturated rings. The summed E-state index contributed by atoms with van der Waals surface area (Å²) in [4.78, 5) is 2.74. The predicted octanol–water partition coefficient (Wildman–Crippen LogP) is 2.11. The second kappa shape index (κ2) is 4.66. The summed E-state index contributed by atoms with van der Waals surface area (Å²) in [5, 5.41) is 3.46. The summed E-state index contributed by atoms with van der Waals surface area (Å²) in [6.07, 6.45) is 8.90. The second-order valence-corrected chi connectivity index (χ2v) is 6.23. The van der Waals surface area contributed by atoms with Gasteiger partial charge in [0, 0.05) is 19.1 Å². The molecule has 1 N–H and O–H groups in total. The lowest BCUT2D eigenvalue weighted by molar-refractivity contribution is 0.153. The van der Waals surface area contributed by atoms with E-state index in [1.165, 1.54) is 58.2 Å². The van der Waals surface area contributed by atoms with Crippen LogP contribution in [-0.4, -0.2) is 37.6 Å². The largest absolute Gasteiger partial charge is 0.316 e. The van der Waals surface area contributed by atoms with Crippen LogP contribution >= 0.6 is 0 Å². The first kappa shape index (κ1) is 11.0. The highest BCUT2D eigenvalue weighted by Gasteiger charge is 2.42. The number of likely N-dealkylation sites (N-methyl/N-ethyl adjacent to an activating group) is 1. The Bertz CT molecular complexity index is 221. The molecule has 92 valence electrons. The van der Waals surface area contributed by atoms with Gasteiger partial charge in [-0.05, 0) is 69.9 Å². The van der Waals surface area contributed by atoms with Crippen LogP contribution in [0.3, 0.4) is 0 Å². The molecule has 2 heteroatoms. The average molecular weight is 222 g/mol. The van der Waals surface area contributed by atoms with Gasteiger partial charge < -0.3 is 10.2 Å². The van der Waals surface area contributed by atoms with Crippen LogP contribution in [0.15, 0.2) is 0 Å². The first-order valence-corrected chi connectivity index (χ1v) is 7.26. The lowest BCUT2D eigenvalue weighted by Crippen LogP contribution is -2.46. The zero-order chi connectivity index (χ0) is 11.0. The van der Waals surface area contributed by atoms with Gasteiger partial charge in [-0.15, -0.1) is 0 Å². The lowest BCUT2D eigenvalue weighted by Gasteiger charge is -2.35. The molecule has 1 heterocycles. The van der Waals surface area contributed by atoms with Crippen molar-refractivity contribution in [2.45, 2.75) is 44.6 Å². The van der Waals surface area contributed by atoms with Gasteiger partial charge in [0.2, 0.25) is 0 Å². The smallest absolute Gasteiger partial charge is 0.0192 e. The maximum atomic E-state index is 3.46. The molecule has 0 aromatic rings. The Morgan fingerprint density at radius 1 is 1.12 bits per heavy atom. The molecule has 1 unspecified atom stereocenters. The van der Waals surface area contributed by atoms with Gasteiger partial charge in [0.25, 0.3) is 0 Å². The van der Waals surface area contributed by atoms with Crippen LogP contribution in [0, 0.1) is 17.8 Å². The highest BCUT2D eigenvalue weighted by Crippen LogP contribution is 2.49. The maximum Gasteiger partial charge on any atom is 0.0192 e. The summed E-state index contributed by atoms with van der Waals surface area (Å²) in [6, 6.07) is 0.757. The summed E-state index contributed by atoms with van der Waals surface area (Å²) in [7, 11) is 2.12. The van der Waals surface area contributed by atoms with Gasteiger partial charge in [-0.25, -0.2) is 0 Å². The Labute approximate surface area is 99.8 Å². The summed E-state index contributed by atoms with van der Waals surface area (Å²) in [5.41, 5.74) is 0. The van der Waals surface area contributed by atoms with Gasteiger partial charge in [0.15, 0.2) is 0 Å². The Kier molecular flexibility index (Phi) is 3.21. The fourth-order valence-electron chi connectivity index (χ4n) is 3.49. The van der Waals surface area contributed by atoms with Crippen LogP contribution in [0.5, 0.6) is 0 Å². The number of nitrogens with zero attached hydrogens (tertiary/aromatic N) is 1. The van der Waals surface area contributed by atoms with Crippen LogP contribution < -0.4 is 5.32 Å². The fourth-order valence-corrected chi connectivity index (χ4v) is 3.49. The minimum absolute atomic E-state index is 0.757. The molecule has 0 aromatic heterocycles. The van der Waals surface area contributed by atoms with Gasteiger partial charge in [0.05, 0.1) is 0 Å². The number of likely N-dealkylation sites (tertiary alicyclic amines) is 1. The van der Waals surface area contributed by atoms with Crippen molar-refractivity contribution in [1.82, 2.24) is 10.2 Å². The molecular formula is C14H26N2. The Balaban J connectivity index is 1.51. The van der Waals surface area contributed by atoms with Crippen molar-refractivity contribution in [3.8, 4) is 0 Å². The van der Waals surface area contributed by atoms with E-state index in [0.29, 0.717) is 0 Å². The molecule has 3 aliphatic rings. The molecule has 1 saturated heterocycles. The van der Waals surface area contributed by atoms with Crippen molar-refractivity contribution in [1.29, 1.82) is 0 Å². The van der Waals surface area contributed by atoms with E-state index in [2.05, 4.69) is 17.3 Å². The molecule has 1 atom stereocenters. The molecule has 3 rings (SSSR count). The third-order valence-corrected chi connectivity index (χ3v) is 4.84. The standard InChI is InChI=1S/C14H26N2/c1-15-13-3-2-8-16(9-13)10-14(11-4-5-11)12-6-7-12/h11-15H,2-10H2,1H3. The molecule has 2 saturated carbocycles. The Morgan fingerprint density at radius 2 is 1.81 bits per heavy atom. The van der Waals surface area contributed by atoms with Gasteiger partial charge >= 0.3 is 0 Å². The summed E-state index contributed by atoms with van der Waals surface area (Å²) < 4.78 is 0. The quantitative estimate of drug-likeness (QED) is 0.766. The first-order valence-electron chi connectivity index (χ1n) is 7.26. The van der Waals surface area contributed by atoms with Crippen LogP contribution in [0.2, 0.25) is 0 Å². The van der Waals surface area contributed by atoms with Crippen molar-refractivity contribution >= 4 is 0 Å². The van der Waals surface area contributed by atoms with Gasteiger partial charge in [-0.3, -0.25) is 0 Å². The van der Waals surface area contributed by atoms with Crippen LogP contribution in [0.25, 0.3) is 0 Å². The van der Waals surface area contributed by atoms with E-state index in [9.17, 15) is 0 Å². The molecule has 0 spiro atoms. The van der Waals surface area contributed by atoms with Gasteiger partial charge in [-0.2, -0.15) is 0 Å². The Hall–Kier alpha value is -0.0800. The average Bonchev–Trinajstić information content (AvgIpc) is 3.18. The molecule has 1 aliphatic heterocycles. The molecule has 0 amide bonds. The lowest BCUT2D eigenvalue weighted by atomic mass is 9.95. The molecule has 0 bridgehead atoms. The molecule has 0 aromatic carbocycles. The number of nitrogens with one attached hydrogen (secondary N) is 1. The number of rotatable bonds is 5. The van der Waals surface area contributed by atoms with Crippen molar-refractivity contribution in [2.75, 3.05) is 26.7 Å². The third kappa shape index (κ3) is 2.60. The van der Waals surface area contributed by atoms with E-state index in [0.717, 1.165) is 23.8 Å². The zero-order valence-electron chi connectivity index (χ0n) is 10.6. The van der Waals surface area contributed by atoms with Gasteiger partial charge in [-0.1, -0.05) is 0 Å². The molecule has 0 radical (unpaired) electrons. The van der Waals surface area contributed by atoms with E-state index in [1.54, 1.807) is 0 Å². The van der Waals surface area contributed by atoms with Crippen LogP contribution in [-0.2, 0) is 0 Å². The molecule has 2 aliphatic carbocycles. The van der Waals surface area contributed by atoms with Crippen LogP contribution in [0.1, 0.15) is 38.5 Å². The maximum absolute atomic E-state index is 3.46. The molecule has 2 nitrogen and oxygen atoms in total. The van der Waals surface area contributed by atoms with E-state index >= 15 is 0 Å². The fraction of sp³-hybridized carbons (Fsp3) is 1.00. The predicted molar refractivity (Wildman–Crippen MR) is 67.5 cm³/mol. The SMILES string of the molecule is CNC1CCCN(CC(C2CC2)C2CC2)C1. The highest BCUT2D eigenvalue weighted by atomic mass is 15.2. The normalized spacial score (nSPS) is 32.2. The summed E-state index contributed by atoms with van der Waals surface area (Å²) >= 11 is 0. The summed E-state index contributed by atoms with van der Waals surface area (Å²) in [5.74, 6) is 3.29. The first-order chi connectivity index (χ1) is 7.86. The number of piperidine rings is 1. The van der Waals surface area contributed by atoms with E-state index in [-0.39, 0.29) is 0 Å². The summed E-state index contributed by atoms with van der Waals surface area (Å²) in [6.45, 7) is 4.06. The molecular weight excluding hydrogens is 196 g/mol. The van der Waals surface area contributed by atoms with E-state index < -0.39 is 0 Å². The number of hydrogen-bond acceptors (Lipinski definition) is 2. The van der Waals surface area contributed by atoms with Crippen LogP contribution in [0.4, 0.5) is 0 Å². The minimum atomic E-state index is 0.757. The van der Waals surface area contributed by atoms with E-state index in [4.69, 9.17) is 0 Å². The third-order valence-electron chi connectivity index (χ3n) is 4.84. The van der Waals surface area contributed by atoms with Crippen molar-refractivity contribution in [2.24, 2.45) is 17.8 Å². The monoisotopic (exact) mass is 222 g/mol. The van der Waals surface area contributed by atoms with Crippen molar-refractivity contribution in [3.63, 3.8) is 0 Å². The second-order valence-electron chi connectivity index (χ2n) is 6.23.